The van der Waals surface area contributed by atoms with Crippen LogP contribution in [0.4, 0.5) is 0 Å². The summed E-state index contributed by atoms with van der Waals surface area (Å²) in [5, 5.41) is 0. The van der Waals surface area contributed by atoms with Gasteiger partial charge in [0, 0.05) is 13.2 Å². The summed E-state index contributed by atoms with van der Waals surface area (Å²) in [6.45, 7) is 6.06. The summed E-state index contributed by atoms with van der Waals surface area (Å²) in [6, 6.07) is 22.1. The molecule has 0 aliphatic heterocycles. The molecule has 0 aliphatic carbocycles. The third kappa shape index (κ3) is 6.24. The van der Waals surface area contributed by atoms with E-state index >= 15 is 0 Å². The molecule has 3 heterocycles. The van der Waals surface area contributed by atoms with E-state index in [0.717, 1.165) is 45.1 Å². The van der Waals surface area contributed by atoms with Crippen LogP contribution in [-0.2, 0) is 41.5 Å². The molecule has 0 unspecified atom stereocenters. The minimum atomic E-state index is 0. The molecule has 11 heteroatoms. The van der Waals surface area contributed by atoms with Crippen LogP contribution in [0.15, 0.2) is 66.7 Å². The van der Waals surface area contributed by atoms with Gasteiger partial charge in [0.15, 0.2) is 11.6 Å². The Labute approximate surface area is 240 Å². The monoisotopic (exact) mass is 583 g/mol. The molecule has 7 nitrogen and oxygen atoms in total. The van der Waals surface area contributed by atoms with Crippen LogP contribution in [0.5, 0.6) is 0 Å². The van der Waals surface area contributed by atoms with Crippen molar-refractivity contribution in [3.63, 3.8) is 0 Å². The molecule has 3 aromatic heterocycles. The Kier molecular flexibility index (Phi) is 12.9. The molecule has 0 aliphatic rings. The SMILES string of the molecule is CCOCn1c(-c2cccc(-c3nc4ccccc4n3COCC)n2)nc2ccccc21.[Cl-].[Cl-].[Cl-].[V+3]. The zero-order chi connectivity index (χ0) is 21.9. The number of nitrogens with zero attached hydrogens (tertiary/aromatic N) is 5. The maximum absolute atomic E-state index is 5.73. The van der Waals surface area contributed by atoms with E-state index in [2.05, 4.69) is 21.3 Å². The van der Waals surface area contributed by atoms with Crippen molar-refractivity contribution in [3.8, 4) is 23.0 Å². The predicted octanol–water partition coefficient (Wildman–Crippen LogP) is -3.89. The predicted molar refractivity (Wildman–Crippen MR) is 125 cm³/mol. The zero-order valence-electron chi connectivity index (χ0n) is 19.8. The topological polar surface area (TPSA) is 67.0 Å². The van der Waals surface area contributed by atoms with Crippen LogP contribution >= 0.6 is 0 Å². The van der Waals surface area contributed by atoms with Gasteiger partial charge in [0.25, 0.3) is 0 Å². The van der Waals surface area contributed by atoms with Crippen molar-refractivity contribution in [2.45, 2.75) is 27.3 Å². The minimum absolute atomic E-state index is 0. The second-order valence-corrected chi connectivity index (χ2v) is 7.36. The first-order valence-corrected chi connectivity index (χ1v) is 10.8. The molecular weight excluding hydrogens is 560 g/mol. The Bertz CT molecular complexity index is 1290. The van der Waals surface area contributed by atoms with Crippen molar-refractivity contribution in [1.29, 1.82) is 0 Å². The summed E-state index contributed by atoms with van der Waals surface area (Å²) in [4.78, 5) is 14.7. The van der Waals surface area contributed by atoms with Gasteiger partial charge < -0.3 is 46.7 Å². The molecule has 0 saturated heterocycles. The molecular formula is C25H25Cl3N5O2V. The smallest absolute Gasteiger partial charge is 1.00 e. The molecule has 0 amide bonds. The summed E-state index contributed by atoms with van der Waals surface area (Å²) in [5.41, 5.74) is 5.41. The van der Waals surface area contributed by atoms with Gasteiger partial charge in [-0.05, 0) is 50.2 Å². The van der Waals surface area contributed by atoms with Crippen molar-refractivity contribution < 1.29 is 65.3 Å². The third-order valence-corrected chi connectivity index (χ3v) is 5.37. The van der Waals surface area contributed by atoms with E-state index in [1.54, 1.807) is 0 Å². The molecule has 5 aromatic rings. The van der Waals surface area contributed by atoms with Crippen molar-refractivity contribution in [2.24, 2.45) is 0 Å². The van der Waals surface area contributed by atoms with Crippen LogP contribution in [0.1, 0.15) is 13.8 Å². The molecule has 5 rings (SSSR count). The van der Waals surface area contributed by atoms with E-state index in [4.69, 9.17) is 24.4 Å². The summed E-state index contributed by atoms with van der Waals surface area (Å²) in [5.74, 6) is 1.54. The van der Waals surface area contributed by atoms with Crippen LogP contribution in [0.25, 0.3) is 45.1 Å². The first-order valence-electron chi connectivity index (χ1n) is 10.8. The van der Waals surface area contributed by atoms with Crippen LogP contribution in [0.2, 0.25) is 0 Å². The number of pyridine rings is 1. The summed E-state index contributed by atoms with van der Waals surface area (Å²) >= 11 is 0. The minimum Gasteiger partial charge on any atom is -1.00 e. The van der Waals surface area contributed by atoms with Gasteiger partial charge in [-0.1, -0.05) is 30.3 Å². The van der Waals surface area contributed by atoms with Crippen LogP contribution in [-0.4, -0.2) is 37.3 Å². The normalized spacial score (nSPS) is 10.3. The van der Waals surface area contributed by atoms with E-state index in [1.807, 2.05) is 68.4 Å². The average Bonchev–Trinajstić information content (AvgIpc) is 3.40. The van der Waals surface area contributed by atoms with Gasteiger partial charge in [-0.25, -0.2) is 15.0 Å². The van der Waals surface area contributed by atoms with E-state index < -0.39 is 0 Å². The molecule has 0 bridgehead atoms. The Morgan fingerprint density at radius 1 is 0.583 bits per heavy atom. The van der Waals surface area contributed by atoms with Gasteiger partial charge in [0.05, 0.1) is 22.1 Å². The maximum atomic E-state index is 5.73. The van der Waals surface area contributed by atoms with Crippen molar-refractivity contribution in [1.82, 2.24) is 24.1 Å². The molecule has 0 saturated carbocycles. The van der Waals surface area contributed by atoms with Gasteiger partial charge in [-0.15, -0.1) is 0 Å². The molecule has 0 atom stereocenters. The average molecular weight is 585 g/mol. The number of ether oxygens (including phenoxy) is 2. The van der Waals surface area contributed by atoms with Crippen molar-refractivity contribution in [3.05, 3.63) is 66.7 Å². The van der Waals surface area contributed by atoms with Crippen LogP contribution in [0.3, 0.4) is 0 Å². The Hall–Kier alpha value is -2.10. The van der Waals surface area contributed by atoms with Gasteiger partial charge >= 0.3 is 18.6 Å². The largest absolute Gasteiger partial charge is 3.00 e. The summed E-state index contributed by atoms with van der Waals surface area (Å²) in [6.07, 6.45) is 0. The standard InChI is InChI=1S/C25H25N5O2.3ClH.V/c1-3-31-16-29-22-14-7-5-10-18(22)27-24(29)20-12-9-13-21(26-20)25-28-19-11-6-8-15-23(19)30(25)17-32-4-2;;;;/h5-15H,3-4,16-17H2,1-2H3;3*1H;/q;;;;+3/p-3. The third-order valence-electron chi connectivity index (χ3n) is 5.37. The number of benzene rings is 2. The van der Waals surface area contributed by atoms with E-state index in [-0.39, 0.29) is 55.8 Å². The molecule has 0 N–H and O–H groups in total. The van der Waals surface area contributed by atoms with E-state index in [0.29, 0.717) is 26.7 Å². The van der Waals surface area contributed by atoms with Crippen molar-refractivity contribution in [2.75, 3.05) is 13.2 Å². The van der Waals surface area contributed by atoms with Crippen LogP contribution in [0, 0.1) is 0 Å². The number of aromatic nitrogens is 5. The number of rotatable bonds is 8. The Morgan fingerprint density at radius 3 is 1.42 bits per heavy atom. The fraction of sp³-hybridized carbons (Fsp3) is 0.240. The molecule has 188 valence electrons. The molecule has 2 aromatic carbocycles. The Morgan fingerprint density at radius 2 is 1.00 bits per heavy atom. The molecule has 0 radical (unpaired) electrons. The van der Waals surface area contributed by atoms with Gasteiger partial charge in [0.1, 0.15) is 24.8 Å². The second kappa shape index (κ2) is 14.6. The van der Waals surface area contributed by atoms with E-state index in [9.17, 15) is 0 Å². The number of fused-ring (bicyclic) bond motifs is 2. The first kappa shape index (κ1) is 31.9. The second-order valence-electron chi connectivity index (χ2n) is 7.36. The quantitative estimate of drug-likeness (QED) is 0.187. The van der Waals surface area contributed by atoms with Crippen molar-refractivity contribution >= 4 is 22.1 Å². The Balaban J connectivity index is 0.00000162. The van der Waals surface area contributed by atoms with Gasteiger partial charge in [0.2, 0.25) is 0 Å². The number of hydrogen-bond acceptors (Lipinski definition) is 5. The molecule has 0 spiro atoms. The number of halogens is 3. The zero-order valence-corrected chi connectivity index (χ0v) is 23.5. The number of para-hydroxylation sites is 4. The van der Waals surface area contributed by atoms with Gasteiger partial charge in [-0.3, -0.25) is 9.13 Å². The maximum Gasteiger partial charge on any atom is 3.00 e. The first-order chi connectivity index (χ1) is 15.8. The fourth-order valence-corrected chi connectivity index (χ4v) is 3.85. The summed E-state index contributed by atoms with van der Waals surface area (Å²) < 4.78 is 15.6. The number of hydrogen-bond donors (Lipinski definition) is 0. The van der Waals surface area contributed by atoms with E-state index in [1.165, 1.54) is 0 Å². The fourth-order valence-electron chi connectivity index (χ4n) is 3.85. The molecule has 0 fully saturated rings. The number of imidazole rings is 2. The molecule has 36 heavy (non-hydrogen) atoms. The van der Waals surface area contributed by atoms with Gasteiger partial charge in [-0.2, -0.15) is 0 Å². The summed E-state index contributed by atoms with van der Waals surface area (Å²) in [7, 11) is 0. The van der Waals surface area contributed by atoms with Crippen LogP contribution < -0.4 is 37.2 Å².